The molecule has 6 nitrogen and oxygen atoms in total. The molecule has 2 heterocycles. The van der Waals surface area contributed by atoms with Gasteiger partial charge in [-0.25, -0.2) is 9.97 Å². The standard InChI is InChI=1S/C26H36N4O2/c1-4-5-10-25-27-15-21(16-28-25)17-29(3)23-11-13-26(14-12-23)19-30(20(2)31)18-22-8-6-7-9-24(22)32-26/h6-9,15-16,23H,4-5,10-14,17-19H2,1-3H3. The van der Waals surface area contributed by atoms with Gasteiger partial charge in [0.1, 0.15) is 17.2 Å². The average Bonchev–Trinajstić information content (AvgIpc) is 2.96. The molecule has 1 spiro atoms. The molecule has 2 aliphatic rings. The summed E-state index contributed by atoms with van der Waals surface area (Å²) in [5.74, 6) is 1.99. The highest BCUT2D eigenvalue weighted by Gasteiger charge is 2.42. The largest absolute Gasteiger partial charge is 0.485 e. The number of unbranched alkanes of at least 4 members (excludes halogenated alkanes) is 1. The highest BCUT2D eigenvalue weighted by atomic mass is 16.5. The number of nitrogens with zero attached hydrogens (tertiary/aromatic N) is 4. The molecule has 0 radical (unpaired) electrons. The van der Waals surface area contributed by atoms with Crippen LogP contribution in [0.4, 0.5) is 0 Å². The van der Waals surface area contributed by atoms with E-state index in [9.17, 15) is 4.79 Å². The van der Waals surface area contributed by atoms with Gasteiger partial charge < -0.3 is 9.64 Å². The minimum atomic E-state index is -0.292. The number of amides is 1. The second-order valence-electron chi connectivity index (χ2n) is 9.53. The Kier molecular flexibility index (Phi) is 7.09. The summed E-state index contributed by atoms with van der Waals surface area (Å²) in [6, 6.07) is 8.64. The summed E-state index contributed by atoms with van der Waals surface area (Å²) in [5, 5.41) is 0. The van der Waals surface area contributed by atoms with Crippen molar-refractivity contribution < 1.29 is 9.53 Å². The van der Waals surface area contributed by atoms with E-state index in [0.717, 1.165) is 74.2 Å². The number of benzene rings is 1. The fourth-order valence-corrected chi connectivity index (χ4v) is 5.01. The zero-order valence-electron chi connectivity index (χ0n) is 19.7. The van der Waals surface area contributed by atoms with Crippen LogP contribution in [0.1, 0.15) is 69.3 Å². The van der Waals surface area contributed by atoms with E-state index in [4.69, 9.17) is 4.74 Å². The summed E-state index contributed by atoms with van der Waals surface area (Å²) in [7, 11) is 2.19. The minimum absolute atomic E-state index is 0.117. The van der Waals surface area contributed by atoms with Crippen LogP contribution in [0, 0.1) is 0 Å². The molecule has 1 aromatic carbocycles. The molecule has 32 heavy (non-hydrogen) atoms. The van der Waals surface area contributed by atoms with Gasteiger partial charge in [0.2, 0.25) is 5.91 Å². The highest BCUT2D eigenvalue weighted by Crippen LogP contribution is 2.39. The molecule has 1 aliphatic carbocycles. The van der Waals surface area contributed by atoms with Gasteiger partial charge in [0.05, 0.1) is 6.54 Å². The lowest BCUT2D eigenvalue weighted by molar-refractivity contribution is -0.132. The number of fused-ring (bicyclic) bond motifs is 1. The van der Waals surface area contributed by atoms with E-state index in [1.54, 1.807) is 6.92 Å². The molecule has 2 aromatic rings. The van der Waals surface area contributed by atoms with Crippen LogP contribution in [0.2, 0.25) is 0 Å². The van der Waals surface area contributed by atoms with Crippen LogP contribution in [0.3, 0.4) is 0 Å². The first kappa shape index (κ1) is 22.7. The third kappa shape index (κ3) is 5.29. The van der Waals surface area contributed by atoms with Crippen molar-refractivity contribution >= 4 is 5.91 Å². The number of hydrogen-bond acceptors (Lipinski definition) is 5. The zero-order valence-corrected chi connectivity index (χ0v) is 19.7. The van der Waals surface area contributed by atoms with Gasteiger partial charge in [0, 0.05) is 56.0 Å². The Bertz CT molecular complexity index is 906. The molecule has 1 aliphatic heterocycles. The Labute approximate surface area is 192 Å². The predicted octanol–water partition coefficient (Wildman–Crippen LogP) is 4.37. The molecule has 0 unspecified atom stereocenters. The number of hydrogen-bond donors (Lipinski definition) is 0. The molecule has 0 saturated heterocycles. The number of aryl methyl sites for hydroxylation is 1. The molecule has 172 valence electrons. The summed E-state index contributed by atoms with van der Waals surface area (Å²) < 4.78 is 6.63. The van der Waals surface area contributed by atoms with Crippen molar-refractivity contribution in [1.82, 2.24) is 19.8 Å². The Morgan fingerprint density at radius 3 is 2.62 bits per heavy atom. The van der Waals surface area contributed by atoms with Crippen molar-refractivity contribution in [1.29, 1.82) is 0 Å². The lowest BCUT2D eigenvalue weighted by atomic mass is 9.81. The van der Waals surface area contributed by atoms with Gasteiger partial charge in [-0.1, -0.05) is 31.5 Å². The number of carbonyl (C=O) groups is 1. The van der Waals surface area contributed by atoms with E-state index in [2.05, 4.69) is 34.9 Å². The van der Waals surface area contributed by atoms with E-state index in [1.807, 2.05) is 35.5 Å². The molecule has 4 rings (SSSR count). The Balaban J connectivity index is 1.38. The number of carbonyl (C=O) groups excluding carboxylic acids is 1. The molecule has 1 aromatic heterocycles. The summed E-state index contributed by atoms with van der Waals surface area (Å²) >= 11 is 0. The van der Waals surface area contributed by atoms with Gasteiger partial charge in [-0.3, -0.25) is 9.69 Å². The second kappa shape index (κ2) is 9.99. The van der Waals surface area contributed by atoms with Crippen LogP contribution < -0.4 is 4.74 Å². The summed E-state index contributed by atoms with van der Waals surface area (Å²) in [5.41, 5.74) is 1.97. The van der Waals surface area contributed by atoms with E-state index in [1.165, 1.54) is 0 Å². The second-order valence-corrected chi connectivity index (χ2v) is 9.53. The van der Waals surface area contributed by atoms with Gasteiger partial charge in [-0.15, -0.1) is 0 Å². The highest BCUT2D eigenvalue weighted by molar-refractivity contribution is 5.73. The number of aromatic nitrogens is 2. The summed E-state index contributed by atoms with van der Waals surface area (Å²) in [6.45, 7) is 6.01. The van der Waals surface area contributed by atoms with Gasteiger partial charge in [-0.05, 0) is 45.2 Å². The van der Waals surface area contributed by atoms with Crippen LogP contribution in [0.15, 0.2) is 36.7 Å². The molecule has 0 N–H and O–H groups in total. The lowest BCUT2D eigenvalue weighted by Gasteiger charge is -2.43. The van der Waals surface area contributed by atoms with Crippen molar-refractivity contribution in [2.75, 3.05) is 13.6 Å². The van der Waals surface area contributed by atoms with Crippen LogP contribution in [-0.2, 0) is 24.3 Å². The normalized spacial score (nSPS) is 23.0. The van der Waals surface area contributed by atoms with Crippen LogP contribution >= 0.6 is 0 Å². The zero-order chi connectivity index (χ0) is 22.6. The molecule has 6 heteroatoms. The summed E-state index contributed by atoms with van der Waals surface area (Å²) in [6.07, 6.45) is 11.2. The van der Waals surface area contributed by atoms with Crippen LogP contribution in [0.25, 0.3) is 0 Å². The lowest BCUT2D eigenvalue weighted by Crippen LogP contribution is -2.51. The van der Waals surface area contributed by atoms with Crippen LogP contribution in [0.5, 0.6) is 5.75 Å². The average molecular weight is 437 g/mol. The van der Waals surface area contributed by atoms with E-state index in [0.29, 0.717) is 19.1 Å². The maximum atomic E-state index is 12.3. The quantitative estimate of drug-likeness (QED) is 0.673. The first-order chi connectivity index (χ1) is 15.5. The van der Waals surface area contributed by atoms with Gasteiger partial charge in [0.25, 0.3) is 0 Å². The fraction of sp³-hybridized carbons (Fsp3) is 0.577. The maximum absolute atomic E-state index is 12.3. The van der Waals surface area contributed by atoms with E-state index in [-0.39, 0.29) is 11.5 Å². The first-order valence-corrected chi connectivity index (χ1v) is 12.0. The number of ether oxygens (including phenoxy) is 1. The third-order valence-electron chi connectivity index (χ3n) is 7.02. The predicted molar refractivity (Wildman–Crippen MR) is 125 cm³/mol. The Morgan fingerprint density at radius 1 is 1.22 bits per heavy atom. The van der Waals surface area contributed by atoms with Gasteiger partial charge in [-0.2, -0.15) is 0 Å². The smallest absolute Gasteiger partial charge is 0.219 e. The molecular formula is C26H36N4O2. The van der Waals surface area contributed by atoms with Gasteiger partial charge in [0.15, 0.2) is 0 Å². The molecule has 0 bridgehead atoms. The van der Waals surface area contributed by atoms with Crippen molar-refractivity contribution in [2.45, 2.75) is 83.5 Å². The molecule has 0 atom stereocenters. The molecule has 1 saturated carbocycles. The van der Waals surface area contributed by atoms with E-state index >= 15 is 0 Å². The molecular weight excluding hydrogens is 400 g/mol. The minimum Gasteiger partial charge on any atom is -0.485 e. The van der Waals surface area contributed by atoms with E-state index < -0.39 is 0 Å². The van der Waals surface area contributed by atoms with Gasteiger partial charge >= 0.3 is 0 Å². The number of para-hydroxylation sites is 1. The number of rotatable bonds is 6. The first-order valence-electron chi connectivity index (χ1n) is 12.0. The molecule has 1 amide bonds. The Hall–Kier alpha value is -2.47. The maximum Gasteiger partial charge on any atom is 0.219 e. The SMILES string of the molecule is CCCCc1ncc(CN(C)C2CCC3(CC2)CN(C(C)=O)Cc2ccccc2O3)cn1. The Morgan fingerprint density at radius 2 is 1.94 bits per heavy atom. The van der Waals surface area contributed by atoms with Crippen molar-refractivity contribution in [2.24, 2.45) is 0 Å². The van der Waals surface area contributed by atoms with Crippen molar-refractivity contribution in [3.8, 4) is 5.75 Å². The van der Waals surface area contributed by atoms with Crippen molar-refractivity contribution in [3.05, 3.63) is 53.6 Å². The van der Waals surface area contributed by atoms with Crippen LogP contribution in [-0.4, -0.2) is 50.9 Å². The topological polar surface area (TPSA) is 58.6 Å². The third-order valence-corrected chi connectivity index (χ3v) is 7.02. The van der Waals surface area contributed by atoms with Crippen molar-refractivity contribution in [3.63, 3.8) is 0 Å². The molecule has 1 fully saturated rings. The monoisotopic (exact) mass is 436 g/mol. The summed E-state index contributed by atoms with van der Waals surface area (Å²) in [4.78, 5) is 25.8. The fourth-order valence-electron chi connectivity index (χ4n) is 5.01.